The molecule has 1 amide bonds. The number of benzene rings is 2. The van der Waals surface area contributed by atoms with Gasteiger partial charge in [0.25, 0.3) is 5.91 Å². The average molecular weight is 320 g/mol. The zero-order valence-corrected chi connectivity index (χ0v) is 12.9. The highest BCUT2D eigenvalue weighted by Gasteiger charge is 2.29. The normalized spacial score (nSPS) is 16.7. The van der Waals surface area contributed by atoms with E-state index in [9.17, 15) is 9.90 Å². The van der Waals surface area contributed by atoms with Gasteiger partial charge in [0.15, 0.2) is 5.76 Å². The number of hydrogen-bond acceptors (Lipinski definition) is 4. The van der Waals surface area contributed by atoms with Crippen LogP contribution < -0.4 is 0 Å². The fraction of sp³-hybridized carbons (Fsp3) is 0.158. The Balaban J connectivity index is 1.66. The Labute approximate surface area is 139 Å². The summed E-state index contributed by atoms with van der Waals surface area (Å²) in [5.74, 6) is 0.262. The maximum Gasteiger partial charge on any atom is 0.259 e. The zero-order chi connectivity index (χ0) is 16.5. The third kappa shape index (κ3) is 2.49. The van der Waals surface area contributed by atoms with Gasteiger partial charge in [-0.05, 0) is 11.1 Å². The molecule has 3 aromatic rings. The zero-order valence-electron chi connectivity index (χ0n) is 12.9. The van der Waals surface area contributed by atoms with Crippen molar-refractivity contribution < 1.29 is 14.4 Å². The van der Waals surface area contributed by atoms with Crippen LogP contribution in [0.3, 0.4) is 0 Å². The topological polar surface area (TPSA) is 66.6 Å². The van der Waals surface area contributed by atoms with E-state index in [1.54, 1.807) is 4.90 Å². The van der Waals surface area contributed by atoms with Crippen molar-refractivity contribution in [2.45, 2.75) is 12.6 Å². The Bertz CT molecular complexity index is 873. The van der Waals surface area contributed by atoms with Crippen LogP contribution in [-0.2, 0) is 6.54 Å². The van der Waals surface area contributed by atoms with Crippen molar-refractivity contribution in [1.82, 2.24) is 10.1 Å². The predicted molar refractivity (Wildman–Crippen MR) is 88.1 cm³/mol. The number of aliphatic hydroxyl groups is 1. The van der Waals surface area contributed by atoms with Crippen molar-refractivity contribution >= 4 is 5.91 Å². The Hall–Kier alpha value is -2.92. The lowest BCUT2D eigenvalue weighted by molar-refractivity contribution is 0.0550. The Morgan fingerprint density at radius 2 is 1.88 bits per heavy atom. The number of aromatic nitrogens is 1. The van der Waals surface area contributed by atoms with Crippen molar-refractivity contribution in [3.8, 4) is 11.3 Å². The molecule has 2 aromatic carbocycles. The van der Waals surface area contributed by atoms with Crippen molar-refractivity contribution in [3.05, 3.63) is 77.5 Å². The molecule has 1 aromatic heterocycles. The molecule has 2 heterocycles. The number of carbonyl (C=O) groups excluding carboxylic acids is 1. The van der Waals surface area contributed by atoms with Gasteiger partial charge in [0, 0.05) is 12.1 Å². The number of rotatable bonds is 2. The molecule has 1 aliphatic heterocycles. The summed E-state index contributed by atoms with van der Waals surface area (Å²) in [5.41, 5.74) is 3.06. The van der Waals surface area contributed by atoms with Crippen molar-refractivity contribution in [2.24, 2.45) is 0 Å². The highest BCUT2D eigenvalue weighted by Crippen LogP contribution is 2.30. The SMILES string of the molecule is O=C(c1cnoc1-c1ccccc1)N1Cc2ccccc2[C@@H](O)C1. The third-order valence-electron chi connectivity index (χ3n) is 4.29. The van der Waals surface area contributed by atoms with Crippen LogP contribution in [0, 0.1) is 0 Å². The van der Waals surface area contributed by atoms with Crippen LogP contribution in [0.25, 0.3) is 11.3 Å². The lowest BCUT2D eigenvalue weighted by Crippen LogP contribution is -2.38. The molecule has 4 rings (SSSR count). The molecule has 0 spiro atoms. The molecule has 1 atom stereocenters. The molecule has 0 unspecified atom stereocenters. The Morgan fingerprint density at radius 1 is 1.12 bits per heavy atom. The van der Waals surface area contributed by atoms with Gasteiger partial charge in [-0.2, -0.15) is 0 Å². The second kappa shape index (κ2) is 5.94. The molecular weight excluding hydrogens is 304 g/mol. The molecule has 0 fully saturated rings. The van der Waals surface area contributed by atoms with E-state index < -0.39 is 6.10 Å². The van der Waals surface area contributed by atoms with Gasteiger partial charge in [-0.15, -0.1) is 0 Å². The van der Waals surface area contributed by atoms with Crippen LogP contribution in [-0.4, -0.2) is 27.6 Å². The largest absolute Gasteiger partial charge is 0.387 e. The van der Waals surface area contributed by atoms with Crippen molar-refractivity contribution in [2.75, 3.05) is 6.54 Å². The maximum atomic E-state index is 12.9. The van der Waals surface area contributed by atoms with Gasteiger partial charge >= 0.3 is 0 Å². The first kappa shape index (κ1) is 14.7. The molecule has 0 aliphatic carbocycles. The molecular formula is C19H16N2O3. The molecule has 5 heteroatoms. The van der Waals surface area contributed by atoms with Gasteiger partial charge in [0.2, 0.25) is 0 Å². The quantitative estimate of drug-likeness (QED) is 0.788. The van der Waals surface area contributed by atoms with Gasteiger partial charge in [-0.3, -0.25) is 4.79 Å². The Kier molecular flexibility index (Phi) is 3.63. The van der Waals surface area contributed by atoms with Gasteiger partial charge in [-0.25, -0.2) is 0 Å². The summed E-state index contributed by atoms with van der Waals surface area (Å²) in [6.45, 7) is 0.723. The fourth-order valence-electron chi connectivity index (χ4n) is 3.10. The first-order chi connectivity index (χ1) is 11.7. The monoisotopic (exact) mass is 320 g/mol. The summed E-state index contributed by atoms with van der Waals surface area (Å²) in [5, 5.41) is 14.1. The number of fused-ring (bicyclic) bond motifs is 1. The highest BCUT2D eigenvalue weighted by molar-refractivity contribution is 5.99. The summed E-state index contributed by atoms with van der Waals surface area (Å²) < 4.78 is 5.30. The lowest BCUT2D eigenvalue weighted by atomic mass is 9.97. The van der Waals surface area contributed by atoms with E-state index >= 15 is 0 Å². The van der Waals surface area contributed by atoms with Gasteiger partial charge in [0.05, 0.1) is 18.8 Å². The number of β-amino-alcohol motifs (C(OH)–C–C–N with tert-alkyl or cyclic N) is 1. The minimum absolute atomic E-state index is 0.191. The third-order valence-corrected chi connectivity index (χ3v) is 4.29. The van der Waals surface area contributed by atoms with E-state index in [4.69, 9.17) is 4.52 Å². The first-order valence-electron chi connectivity index (χ1n) is 7.79. The average Bonchev–Trinajstić information content (AvgIpc) is 3.11. The highest BCUT2D eigenvalue weighted by atomic mass is 16.5. The summed E-state index contributed by atoms with van der Waals surface area (Å²) >= 11 is 0. The van der Waals surface area contributed by atoms with Crippen LogP contribution in [0.2, 0.25) is 0 Å². The minimum atomic E-state index is -0.682. The summed E-state index contributed by atoms with van der Waals surface area (Å²) in [6, 6.07) is 17.1. The second-order valence-electron chi connectivity index (χ2n) is 5.83. The number of carbonyl (C=O) groups is 1. The first-order valence-corrected chi connectivity index (χ1v) is 7.79. The van der Waals surface area contributed by atoms with Crippen molar-refractivity contribution in [3.63, 3.8) is 0 Å². The molecule has 0 radical (unpaired) electrons. The van der Waals surface area contributed by atoms with E-state index in [1.165, 1.54) is 6.20 Å². The molecule has 1 N–H and O–H groups in total. The molecule has 0 saturated carbocycles. The standard InChI is InChI=1S/C19H16N2O3/c22-17-12-21(11-14-8-4-5-9-15(14)17)19(23)16-10-20-24-18(16)13-6-2-1-3-7-13/h1-10,17,22H,11-12H2/t17-/m0/s1. The molecule has 24 heavy (non-hydrogen) atoms. The number of amides is 1. The molecule has 120 valence electrons. The van der Waals surface area contributed by atoms with Crippen LogP contribution in [0.4, 0.5) is 0 Å². The van der Waals surface area contributed by atoms with Gasteiger partial charge in [-0.1, -0.05) is 59.8 Å². The smallest absolute Gasteiger partial charge is 0.259 e. The molecule has 0 saturated heterocycles. The van der Waals surface area contributed by atoms with Crippen LogP contribution in [0.15, 0.2) is 65.3 Å². The van der Waals surface area contributed by atoms with E-state index in [-0.39, 0.29) is 12.5 Å². The maximum absolute atomic E-state index is 12.9. The minimum Gasteiger partial charge on any atom is -0.387 e. The molecule has 1 aliphatic rings. The van der Waals surface area contributed by atoms with E-state index in [2.05, 4.69) is 5.16 Å². The van der Waals surface area contributed by atoms with E-state index in [0.29, 0.717) is 17.9 Å². The van der Waals surface area contributed by atoms with E-state index in [0.717, 1.165) is 16.7 Å². The van der Waals surface area contributed by atoms with Crippen LogP contribution in [0.5, 0.6) is 0 Å². The fourth-order valence-corrected chi connectivity index (χ4v) is 3.10. The van der Waals surface area contributed by atoms with Crippen LogP contribution in [0.1, 0.15) is 27.6 Å². The Morgan fingerprint density at radius 3 is 2.71 bits per heavy atom. The predicted octanol–water partition coefficient (Wildman–Crippen LogP) is 3.03. The summed E-state index contributed by atoms with van der Waals surface area (Å²) in [4.78, 5) is 14.6. The number of nitrogens with zero attached hydrogens (tertiary/aromatic N) is 2. The van der Waals surface area contributed by atoms with Gasteiger partial charge in [0.1, 0.15) is 5.56 Å². The second-order valence-corrected chi connectivity index (χ2v) is 5.83. The molecule has 5 nitrogen and oxygen atoms in total. The van der Waals surface area contributed by atoms with Gasteiger partial charge < -0.3 is 14.5 Å². The summed E-state index contributed by atoms with van der Waals surface area (Å²) in [6.07, 6.45) is 0.760. The van der Waals surface area contributed by atoms with Crippen molar-refractivity contribution in [1.29, 1.82) is 0 Å². The van der Waals surface area contributed by atoms with Crippen LogP contribution >= 0.6 is 0 Å². The molecule has 0 bridgehead atoms. The summed E-state index contributed by atoms with van der Waals surface area (Å²) in [7, 11) is 0. The lowest BCUT2D eigenvalue weighted by Gasteiger charge is -2.32. The number of hydrogen-bond donors (Lipinski definition) is 1. The number of aliphatic hydroxyl groups excluding tert-OH is 1. The van der Waals surface area contributed by atoms with E-state index in [1.807, 2.05) is 54.6 Å².